The Bertz CT molecular complexity index is 1080. The normalized spacial score (nSPS) is 13.2. The summed E-state index contributed by atoms with van der Waals surface area (Å²) in [6.45, 7) is 5.51. The van der Waals surface area contributed by atoms with Crippen molar-refractivity contribution in [2.45, 2.75) is 33.1 Å². The summed E-state index contributed by atoms with van der Waals surface area (Å²) in [6.07, 6.45) is 5.15. The molecule has 2 amide bonds. The minimum absolute atomic E-state index is 0.0213. The highest BCUT2D eigenvalue weighted by atomic mass is 16.5. The van der Waals surface area contributed by atoms with E-state index in [1.54, 1.807) is 0 Å². The number of hydrogen-bond donors (Lipinski definition) is 2. The van der Waals surface area contributed by atoms with E-state index >= 15 is 0 Å². The Morgan fingerprint density at radius 1 is 1.09 bits per heavy atom. The molecule has 0 radical (unpaired) electrons. The number of carboxylic acids is 1. The molecule has 0 aliphatic heterocycles. The van der Waals surface area contributed by atoms with Crippen molar-refractivity contribution in [3.8, 4) is 23.5 Å². The SMILES string of the molecule is C#CCN(CC(=O)O)C(=O)C(CNC(=O)OCC1c2ccccc2-c2ccccc21)CC(C)(C)C. The maximum Gasteiger partial charge on any atom is 0.407 e. The summed E-state index contributed by atoms with van der Waals surface area (Å²) in [4.78, 5) is 38.0. The number of hydrogen-bond acceptors (Lipinski definition) is 4. The third-order valence-corrected chi connectivity index (χ3v) is 5.96. The minimum atomic E-state index is -1.15. The van der Waals surface area contributed by atoms with Crippen LogP contribution < -0.4 is 5.32 Å². The van der Waals surface area contributed by atoms with Crippen molar-refractivity contribution in [1.82, 2.24) is 10.2 Å². The molecule has 7 nitrogen and oxygen atoms in total. The van der Waals surface area contributed by atoms with Crippen LogP contribution in [0.1, 0.15) is 44.2 Å². The van der Waals surface area contributed by atoms with Crippen molar-refractivity contribution < 1.29 is 24.2 Å². The molecule has 184 valence electrons. The number of terminal acetylenes is 1. The molecule has 1 atom stereocenters. The first-order chi connectivity index (χ1) is 16.6. The van der Waals surface area contributed by atoms with E-state index in [0.29, 0.717) is 6.42 Å². The van der Waals surface area contributed by atoms with Gasteiger partial charge < -0.3 is 20.1 Å². The van der Waals surface area contributed by atoms with E-state index in [1.165, 1.54) is 0 Å². The van der Waals surface area contributed by atoms with Crippen molar-refractivity contribution >= 4 is 18.0 Å². The molecule has 0 saturated heterocycles. The molecule has 0 spiro atoms. The van der Waals surface area contributed by atoms with Crippen LogP contribution in [-0.4, -0.2) is 54.2 Å². The molecule has 2 aromatic carbocycles. The summed E-state index contributed by atoms with van der Waals surface area (Å²) in [5.74, 6) is 0.0813. The van der Waals surface area contributed by atoms with Gasteiger partial charge in [0.05, 0.1) is 12.5 Å². The highest BCUT2D eigenvalue weighted by Gasteiger charge is 2.31. The fourth-order valence-electron chi connectivity index (χ4n) is 4.59. The van der Waals surface area contributed by atoms with E-state index in [1.807, 2.05) is 57.2 Å². The molecule has 2 N–H and O–H groups in total. The first-order valence-corrected chi connectivity index (χ1v) is 11.6. The van der Waals surface area contributed by atoms with E-state index in [4.69, 9.17) is 16.3 Å². The number of carboxylic acid groups (broad SMARTS) is 1. The monoisotopic (exact) mass is 476 g/mol. The largest absolute Gasteiger partial charge is 0.480 e. The first kappa shape index (κ1) is 25.8. The molecule has 7 heteroatoms. The number of aliphatic carboxylic acids is 1. The van der Waals surface area contributed by atoms with Gasteiger partial charge in [0.15, 0.2) is 0 Å². The van der Waals surface area contributed by atoms with Gasteiger partial charge in [0, 0.05) is 12.5 Å². The molecule has 1 unspecified atom stereocenters. The number of alkyl carbamates (subject to hydrolysis) is 1. The van der Waals surface area contributed by atoms with Crippen LogP contribution in [0.5, 0.6) is 0 Å². The van der Waals surface area contributed by atoms with Crippen LogP contribution in [0.4, 0.5) is 4.79 Å². The predicted molar refractivity (Wildman–Crippen MR) is 134 cm³/mol. The Kier molecular flexibility index (Phi) is 8.18. The lowest BCUT2D eigenvalue weighted by Crippen LogP contribution is -2.45. The van der Waals surface area contributed by atoms with Gasteiger partial charge in [-0.2, -0.15) is 0 Å². The second-order valence-electron chi connectivity index (χ2n) is 9.96. The Hall–Kier alpha value is -3.79. The predicted octanol–water partition coefficient (Wildman–Crippen LogP) is 4.12. The summed E-state index contributed by atoms with van der Waals surface area (Å²) < 4.78 is 5.57. The number of ether oxygens (including phenoxy) is 1. The van der Waals surface area contributed by atoms with E-state index in [2.05, 4.69) is 23.4 Å². The fourth-order valence-corrected chi connectivity index (χ4v) is 4.59. The van der Waals surface area contributed by atoms with Crippen molar-refractivity contribution in [1.29, 1.82) is 0 Å². The number of amides is 2. The number of nitrogens with zero attached hydrogens (tertiary/aromatic N) is 1. The molecule has 1 aliphatic carbocycles. The molecule has 3 rings (SSSR count). The molecule has 0 bridgehead atoms. The van der Waals surface area contributed by atoms with Crippen molar-refractivity contribution in [3.63, 3.8) is 0 Å². The lowest BCUT2D eigenvalue weighted by Gasteiger charge is -2.29. The number of nitrogens with one attached hydrogen (secondary N) is 1. The molecule has 0 fully saturated rings. The molecule has 0 heterocycles. The van der Waals surface area contributed by atoms with E-state index < -0.39 is 30.4 Å². The second kappa shape index (κ2) is 11.1. The summed E-state index contributed by atoms with van der Waals surface area (Å²) in [6, 6.07) is 16.1. The topological polar surface area (TPSA) is 95.9 Å². The number of benzene rings is 2. The zero-order valence-electron chi connectivity index (χ0n) is 20.4. The lowest BCUT2D eigenvalue weighted by atomic mass is 9.84. The summed E-state index contributed by atoms with van der Waals surface area (Å²) in [5, 5.41) is 11.9. The molecule has 1 aliphatic rings. The van der Waals surface area contributed by atoms with E-state index in [9.17, 15) is 14.4 Å². The number of rotatable bonds is 9. The summed E-state index contributed by atoms with van der Waals surface area (Å²) in [7, 11) is 0. The third-order valence-electron chi connectivity index (χ3n) is 5.96. The van der Waals surface area contributed by atoms with Gasteiger partial charge in [-0.25, -0.2) is 4.79 Å². The highest BCUT2D eigenvalue weighted by molar-refractivity contribution is 5.84. The zero-order valence-corrected chi connectivity index (χ0v) is 20.4. The van der Waals surface area contributed by atoms with Gasteiger partial charge in [-0.1, -0.05) is 75.2 Å². The minimum Gasteiger partial charge on any atom is -0.480 e. The van der Waals surface area contributed by atoms with Crippen molar-refractivity contribution in [2.75, 3.05) is 26.2 Å². The van der Waals surface area contributed by atoms with Crippen LogP contribution in [0, 0.1) is 23.7 Å². The van der Waals surface area contributed by atoms with Gasteiger partial charge in [-0.15, -0.1) is 6.42 Å². The zero-order chi connectivity index (χ0) is 25.6. The van der Waals surface area contributed by atoms with Crippen LogP contribution in [0.2, 0.25) is 0 Å². The Balaban J connectivity index is 1.65. The van der Waals surface area contributed by atoms with E-state index in [0.717, 1.165) is 27.2 Å². The van der Waals surface area contributed by atoms with Crippen LogP contribution in [-0.2, 0) is 14.3 Å². The molecule has 0 aromatic heterocycles. The van der Waals surface area contributed by atoms with Crippen LogP contribution in [0.25, 0.3) is 11.1 Å². The van der Waals surface area contributed by atoms with Gasteiger partial charge in [-0.3, -0.25) is 9.59 Å². The number of carbonyl (C=O) groups excluding carboxylic acids is 2. The maximum absolute atomic E-state index is 13.1. The number of carbonyl (C=O) groups is 3. The fraction of sp³-hybridized carbons (Fsp3) is 0.393. The third kappa shape index (κ3) is 6.63. The number of fused-ring (bicyclic) bond motifs is 3. The standard InChI is InChI=1S/C28H32N2O5/c1-5-14-30(17-25(31)32)26(33)19(15-28(2,3)4)16-29-27(34)35-18-24-22-12-8-6-10-20(22)21-11-7-9-13-23(21)24/h1,6-13,19,24H,14-18H2,2-4H3,(H,29,34)(H,31,32). The Labute approximate surface area is 206 Å². The Morgan fingerprint density at radius 2 is 1.66 bits per heavy atom. The van der Waals surface area contributed by atoms with Gasteiger partial charge in [-0.05, 0) is 34.1 Å². The van der Waals surface area contributed by atoms with Gasteiger partial charge >= 0.3 is 12.1 Å². The van der Waals surface area contributed by atoms with Crippen molar-refractivity contribution in [3.05, 3.63) is 59.7 Å². The smallest absolute Gasteiger partial charge is 0.407 e. The molecular formula is C28H32N2O5. The molecule has 35 heavy (non-hydrogen) atoms. The van der Waals surface area contributed by atoms with E-state index in [-0.39, 0.29) is 31.0 Å². The van der Waals surface area contributed by atoms with Gasteiger partial charge in [0.25, 0.3) is 0 Å². The molecule has 2 aromatic rings. The van der Waals surface area contributed by atoms with Crippen LogP contribution >= 0.6 is 0 Å². The first-order valence-electron chi connectivity index (χ1n) is 11.6. The average Bonchev–Trinajstić information content (AvgIpc) is 3.12. The lowest BCUT2D eigenvalue weighted by molar-refractivity contribution is -0.146. The second-order valence-corrected chi connectivity index (χ2v) is 9.96. The van der Waals surface area contributed by atoms with Gasteiger partial charge in [0.1, 0.15) is 13.2 Å². The molecular weight excluding hydrogens is 444 g/mol. The molecule has 0 saturated carbocycles. The Morgan fingerprint density at radius 3 is 2.17 bits per heavy atom. The van der Waals surface area contributed by atoms with Crippen LogP contribution in [0.3, 0.4) is 0 Å². The highest BCUT2D eigenvalue weighted by Crippen LogP contribution is 2.44. The van der Waals surface area contributed by atoms with Crippen LogP contribution in [0.15, 0.2) is 48.5 Å². The van der Waals surface area contributed by atoms with Gasteiger partial charge in [0.2, 0.25) is 5.91 Å². The quantitative estimate of drug-likeness (QED) is 0.531. The average molecular weight is 477 g/mol. The summed E-state index contributed by atoms with van der Waals surface area (Å²) in [5.41, 5.74) is 4.27. The van der Waals surface area contributed by atoms with Crippen molar-refractivity contribution in [2.24, 2.45) is 11.3 Å². The maximum atomic E-state index is 13.1. The summed E-state index contributed by atoms with van der Waals surface area (Å²) >= 11 is 0.